The van der Waals surface area contributed by atoms with E-state index in [9.17, 15) is 4.79 Å². The van der Waals surface area contributed by atoms with Gasteiger partial charge in [-0.1, -0.05) is 41.9 Å². The van der Waals surface area contributed by atoms with Crippen molar-refractivity contribution in [2.45, 2.75) is 6.61 Å². The Morgan fingerprint density at radius 3 is 2.40 bits per heavy atom. The van der Waals surface area contributed by atoms with Crippen LogP contribution in [0.4, 0.5) is 5.69 Å². The van der Waals surface area contributed by atoms with E-state index in [-0.39, 0.29) is 5.91 Å². The summed E-state index contributed by atoms with van der Waals surface area (Å²) in [5, 5.41) is 3.48. The van der Waals surface area contributed by atoms with Gasteiger partial charge in [-0.2, -0.15) is 0 Å². The van der Waals surface area contributed by atoms with E-state index in [0.29, 0.717) is 34.6 Å². The number of carbonyl (C=O) groups is 1. The van der Waals surface area contributed by atoms with Gasteiger partial charge >= 0.3 is 0 Å². The van der Waals surface area contributed by atoms with Gasteiger partial charge in [-0.25, -0.2) is 0 Å². The predicted octanol–water partition coefficient (Wildman–Crippen LogP) is 5.59. The van der Waals surface area contributed by atoms with E-state index in [1.54, 1.807) is 32.4 Å². The van der Waals surface area contributed by atoms with Gasteiger partial charge in [-0.05, 0) is 53.6 Å². The molecule has 3 rings (SSSR count). The number of nitrogens with one attached hydrogen (secondary N) is 1. The molecule has 1 amide bonds. The maximum Gasteiger partial charge on any atom is 0.248 e. The van der Waals surface area contributed by atoms with Crippen LogP contribution in [0.5, 0.6) is 17.2 Å². The molecular weight excluding hydrogens is 402 g/mol. The topological polar surface area (TPSA) is 56.8 Å². The highest BCUT2D eigenvalue weighted by atomic mass is 35.5. The van der Waals surface area contributed by atoms with Gasteiger partial charge in [-0.3, -0.25) is 4.79 Å². The number of ether oxygens (including phenoxy) is 3. The molecule has 0 aliphatic heterocycles. The Morgan fingerprint density at radius 2 is 1.67 bits per heavy atom. The molecule has 5 nitrogen and oxygen atoms in total. The molecule has 0 aromatic heterocycles. The zero-order chi connectivity index (χ0) is 21.3. The number of methoxy groups -OCH3 is 2. The summed E-state index contributed by atoms with van der Waals surface area (Å²) >= 11 is 5.90. The third-order valence-corrected chi connectivity index (χ3v) is 4.54. The van der Waals surface area contributed by atoms with Gasteiger partial charge in [-0.15, -0.1) is 0 Å². The van der Waals surface area contributed by atoms with E-state index in [1.807, 2.05) is 54.6 Å². The van der Waals surface area contributed by atoms with Crippen molar-refractivity contribution in [1.82, 2.24) is 0 Å². The number of hydrogen-bond donors (Lipinski definition) is 1. The first-order valence-electron chi connectivity index (χ1n) is 9.26. The average Bonchev–Trinajstić information content (AvgIpc) is 2.78. The summed E-state index contributed by atoms with van der Waals surface area (Å²) < 4.78 is 16.5. The molecule has 0 bridgehead atoms. The van der Waals surface area contributed by atoms with E-state index in [2.05, 4.69) is 5.32 Å². The molecule has 0 aliphatic carbocycles. The van der Waals surface area contributed by atoms with Gasteiger partial charge in [0.05, 0.1) is 19.9 Å². The molecule has 0 atom stereocenters. The quantitative estimate of drug-likeness (QED) is 0.480. The van der Waals surface area contributed by atoms with E-state index < -0.39 is 0 Å². The van der Waals surface area contributed by atoms with Gasteiger partial charge in [0.1, 0.15) is 12.4 Å². The molecule has 6 heteroatoms. The first kappa shape index (κ1) is 21.3. The fourth-order valence-electron chi connectivity index (χ4n) is 2.74. The van der Waals surface area contributed by atoms with Crippen LogP contribution in [0, 0.1) is 0 Å². The Hall–Kier alpha value is -3.44. The van der Waals surface area contributed by atoms with Crippen molar-refractivity contribution in [3.63, 3.8) is 0 Å². The van der Waals surface area contributed by atoms with Crippen LogP contribution in [0.3, 0.4) is 0 Å². The van der Waals surface area contributed by atoms with Crippen LogP contribution < -0.4 is 19.5 Å². The Kier molecular flexibility index (Phi) is 7.35. The zero-order valence-electron chi connectivity index (χ0n) is 16.7. The maximum atomic E-state index is 12.2. The van der Waals surface area contributed by atoms with Crippen molar-refractivity contribution in [3.8, 4) is 17.2 Å². The standard InChI is InChI=1S/C24H22ClNO4/c1-28-21-6-4-3-5-20(21)26-24(27)14-10-17-9-13-22(23(15-17)29-2)30-16-18-7-11-19(25)12-8-18/h3-15H,16H2,1-2H3,(H,26,27). The average molecular weight is 424 g/mol. The highest BCUT2D eigenvalue weighted by Crippen LogP contribution is 2.29. The van der Waals surface area contributed by atoms with Crippen molar-refractivity contribution in [1.29, 1.82) is 0 Å². The monoisotopic (exact) mass is 423 g/mol. The van der Waals surface area contributed by atoms with Crippen LogP contribution in [-0.4, -0.2) is 20.1 Å². The number of anilines is 1. The van der Waals surface area contributed by atoms with Crippen LogP contribution in [-0.2, 0) is 11.4 Å². The third kappa shape index (κ3) is 5.78. The fourth-order valence-corrected chi connectivity index (χ4v) is 2.87. The van der Waals surface area contributed by atoms with E-state index >= 15 is 0 Å². The molecule has 0 aliphatic rings. The second kappa shape index (κ2) is 10.4. The summed E-state index contributed by atoms with van der Waals surface area (Å²) in [5.74, 6) is 1.53. The number of halogens is 1. The predicted molar refractivity (Wildman–Crippen MR) is 119 cm³/mol. The lowest BCUT2D eigenvalue weighted by molar-refractivity contribution is -0.111. The molecule has 154 valence electrons. The SMILES string of the molecule is COc1ccccc1NC(=O)C=Cc1ccc(OCc2ccc(Cl)cc2)c(OC)c1. The number of benzene rings is 3. The highest BCUT2D eigenvalue weighted by molar-refractivity contribution is 6.30. The lowest BCUT2D eigenvalue weighted by atomic mass is 10.2. The number of amides is 1. The smallest absolute Gasteiger partial charge is 0.248 e. The number of carbonyl (C=O) groups excluding carboxylic acids is 1. The molecule has 0 spiro atoms. The molecule has 1 N–H and O–H groups in total. The van der Waals surface area contributed by atoms with Gasteiger partial charge in [0.25, 0.3) is 0 Å². The van der Waals surface area contributed by atoms with Crippen molar-refractivity contribution in [2.24, 2.45) is 0 Å². The van der Waals surface area contributed by atoms with E-state index in [4.69, 9.17) is 25.8 Å². The summed E-state index contributed by atoms with van der Waals surface area (Å²) in [6, 6.07) is 20.2. The van der Waals surface area contributed by atoms with Gasteiger partial charge < -0.3 is 19.5 Å². The second-order valence-corrected chi connectivity index (χ2v) is 6.78. The van der Waals surface area contributed by atoms with Gasteiger partial charge in [0.15, 0.2) is 11.5 Å². The maximum absolute atomic E-state index is 12.2. The molecule has 3 aromatic rings. The molecule has 0 saturated heterocycles. The van der Waals surface area contributed by atoms with Crippen molar-refractivity contribution >= 4 is 29.3 Å². The molecule has 0 fully saturated rings. The Balaban J connectivity index is 1.64. The van der Waals surface area contributed by atoms with Crippen LogP contribution >= 0.6 is 11.6 Å². The Bertz CT molecular complexity index is 1030. The lowest BCUT2D eigenvalue weighted by Gasteiger charge is -2.11. The van der Waals surface area contributed by atoms with Gasteiger partial charge in [0, 0.05) is 11.1 Å². The first-order chi connectivity index (χ1) is 14.6. The molecule has 0 unspecified atom stereocenters. The summed E-state index contributed by atoms with van der Waals surface area (Å²) in [6.07, 6.45) is 3.16. The zero-order valence-corrected chi connectivity index (χ0v) is 17.5. The van der Waals surface area contributed by atoms with Crippen LogP contribution in [0.2, 0.25) is 5.02 Å². The Morgan fingerprint density at radius 1 is 0.933 bits per heavy atom. The third-order valence-electron chi connectivity index (χ3n) is 4.29. The molecule has 3 aromatic carbocycles. The van der Waals surface area contributed by atoms with E-state index in [0.717, 1.165) is 11.1 Å². The largest absolute Gasteiger partial charge is 0.495 e. The minimum Gasteiger partial charge on any atom is -0.495 e. The molecule has 0 heterocycles. The summed E-state index contributed by atoms with van der Waals surface area (Å²) in [7, 11) is 3.13. The first-order valence-corrected chi connectivity index (χ1v) is 9.64. The summed E-state index contributed by atoms with van der Waals surface area (Å²) in [5.41, 5.74) is 2.41. The van der Waals surface area contributed by atoms with Crippen LogP contribution in [0.1, 0.15) is 11.1 Å². The minimum absolute atomic E-state index is 0.262. The van der Waals surface area contributed by atoms with Crippen LogP contribution in [0.15, 0.2) is 72.8 Å². The van der Waals surface area contributed by atoms with Crippen LogP contribution in [0.25, 0.3) is 6.08 Å². The van der Waals surface area contributed by atoms with Crippen molar-refractivity contribution in [2.75, 3.05) is 19.5 Å². The molecule has 30 heavy (non-hydrogen) atoms. The lowest BCUT2D eigenvalue weighted by Crippen LogP contribution is -2.08. The van der Waals surface area contributed by atoms with Crippen molar-refractivity contribution in [3.05, 3.63) is 89.0 Å². The summed E-state index contributed by atoms with van der Waals surface area (Å²) in [4.78, 5) is 12.2. The fraction of sp³-hybridized carbons (Fsp3) is 0.125. The highest BCUT2D eigenvalue weighted by Gasteiger charge is 2.07. The Labute approximate surface area is 180 Å². The summed E-state index contributed by atoms with van der Waals surface area (Å²) in [6.45, 7) is 0.393. The number of para-hydroxylation sites is 2. The molecule has 0 saturated carbocycles. The number of rotatable bonds is 8. The normalized spacial score (nSPS) is 10.6. The second-order valence-electron chi connectivity index (χ2n) is 6.35. The molecular formula is C24H22ClNO4. The number of hydrogen-bond acceptors (Lipinski definition) is 4. The van der Waals surface area contributed by atoms with Crippen molar-refractivity contribution < 1.29 is 19.0 Å². The van der Waals surface area contributed by atoms with E-state index in [1.165, 1.54) is 6.08 Å². The molecule has 0 radical (unpaired) electrons. The minimum atomic E-state index is -0.262. The van der Waals surface area contributed by atoms with Gasteiger partial charge in [0.2, 0.25) is 5.91 Å².